The van der Waals surface area contributed by atoms with Crippen molar-refractivity contribution in [1.29, 1.82) is 0 Å². The molecule has 2 heterocycles. The molecule has 1 aromatic heterocycles. The zero-order valence-electron chi connectivity index (χ0n) is 11.6. The molecule has 1 unspecified atom stereocenters. The molecule has 0 radical (unpaired) electrons. The summed E-state index contributed by atoms with van der Waals surface area (Å²) in [5.74, 6) is -1.31. The molecule has 0 spiro atoms. The predicted molar refractivity (Wildman–Crippen MR) is 79.4 cm³/mol. The van der Waals surface area contributed by atoms with Crippen LogP contribution in [-0.4, -0.2) is 22.7 Å². The molecule has 0 saturated carbocycles. The number of carboxylic acids is 1. The fraction of sp³-hybridized carbons (Fsp3) is 0.400. The highest BCUT2D eigenvalue weighted by atomic mass is 32.1. The van der Waals surface area contributed by atoms with Crippen molar-refractivity contribution >= 4 is 29.5 Å². The number of fused-ring (bicyclic) bond motifs is 3. The number of thiol groups is 1. The number of benzene rings is 1. The van der Waals surface area contributed by atoms with Crippen LogP contribution in [0.5, 0.6) is 0 Å². The molecule has 1 atom stereocenters. The number of aromatic nitrogens is 1. The Kier molecular flexibility index (Phi) is 3.45. The third kappa shape index (κ3) is 2.13. The van der Waals surface area contributed by atoms with Crippen LogP contribution in [0.4, 0.5) is 4.39 Å². The molecule has 0 aliphatic carbocycles. The van der Waals surface area contributed by atoms with E-state index >= 15 is 0 Å². The summed E-state index contributed by atoms with van der Waals surface area (Å²) in [7, 11) is 0. The summed E-state index contributed by atoms with van der Waals surface area (Å²) in [5, 5.41) is 10.1. The Morgan fingerprint density at radius 3 is 3.00 bits per heavy atom. The van der Waals surface area contributed by atoms with Crippen molar-refractivity contribution in [2.75, 3.05) is 6.61 Å². The van der Waals surface area contributed by atoms with E-state index in [4.69, 9.17) is 4.74 Å². The number of halogens is 1. The second kappa shape index (κ2) is 5.03. The van der Waals surface area contributed by atoms with Crippen LogP contribution < -0.4 is 0 Å². The number of hydrogen-bond acceptors (Lipinski definition) is 3. The third-order valence-corrected chi connectivity index (χ3v) is 4.64. The second-order valence-electron chi connectivity index (χ2n) is 5.31. The highest BCUT2D eigenvalue weighted by Gasteiger charge is 2.41. The number of ether oxygens (including phenoxy) is 1. The van der Waals surface area contributed by atoms with Crippen LogP contribution >= 0.6 is 12.6 Å². The number of H-pyrrole nitrogens is 1. The molecule has 0 fully saturated rings. The Balaban J connectivity index is 2.26. The molecule has 112 valence electrons. The number of hydrogen-bond donors (Lipinski definition) is 3. The van der Waals surface area contributed by atoms with Gasteiger partial charge in [0.2, 0.25) is 0 Å². The topological polar surface area (TPSA) is 62.3 Å². The Morgan fingerprint density at radius 1 is 1.57 bits per heavy atom. The lowest BCUT2D eigenvalue weighted by molar-refractivity contribution is -0.148. The summed E-state index contributed by atoms with van der Waals surface area (Å²) >= 11 is 4.22. The van der Waals surface area contributed by atoms with Crippen LogP contribution in [0.3, 0.4) is 0 Å². The Hall–Kier alpha value is -1.53. The van der Waals surface area contributed by atoms with Gasteiger partial charge >= 0.3 is 5.97 Å². The molecule has 6 heteroatoms. The van der Waals surface area contributed by atoms with Crippen LogP contribution in [0.2, 0.25) is 0 Å². The lowest BCUT2D eigenvalue weighted by atomic mass is 9.86. The minimum Gasteiger partial charge on any atom is -0.481 e. The molecule has 4 nitrogen and oxygen atoms in total. The second-order valence-corrected chi connectivity index (χ2v) is 5.76. The zero-order chi connectivity index (χ0) is 15.2. The SMILES string of the molecule is CCC1(CC(=O)O)OCCc2c1[nH]c1c(S)c(F)ccc21. The quantitative estimate of drug-likeness (QED) is 0.763. The standard InChI is InChI=1S/C15H16FNO3S/c1-2-15(7-11(18)19)14-9(5-6-20-15)8-3-4-10(16)13(21)12(8)17-14/h3-4,17,21H,2,5-7H2,1H3,(H,18,19). The Labute approximate surface area is 126 Å². The minimum absolute atomic E-state index is 0.117. The van der Waals surface area contributed by atoms with Gasteiger partial charge in [-0.2, -0.15) is 0 Å². The number of aliphatic carboxylic acids is 1. The van der Waals surface area contributed by atoms with Gasteiger partial charge in [-0.25, -0.2) is 4.39 Å². The number of rotatable bonds is 3. The van der Waals surface area contributed by atoms with E-state index in [1.165, 1.54) is 6.07 Å². The van der Waals surface area contributed by atoms with Crippen LogP contribution in [-0.2, 0) is 21.6 Å². The summed E-state index contributed by atoms with van der Waals surface area (Å²) < 4.78 is 19.5. The van der Waals surface area contributed by atoms with Crippen molar-refractivity contribution < 1.29 is 19.0 Å². The molecule has 2 aromatic rings. The van der Waals surface area contributed by atoms with Crippen LogP contribution in [0.1, 0.15) is 31.0 Å². The molecule has 21 heavy (non-hydrogen) atoms. The van der Waals surface area contributed by atoms with E-state index in [2.05, 4.69) is 17.6 Å². The van der Waals surface area contributed by atoms with E-state index in [0.717, 1.165) is 16.6 Å². The first kappa shape index (κ1) is 14.4. The van der Waals surface area contributed by atoms with Crippen LogP contribution in [0.25, 0.3) is 10.9 Å². The fourth-order valence-electron chi connectivity index (χ4n) is 3.14. The van der Waals surface area contributed by atoms with Gasteiger partial charge in [-0.3, -0.25) is 4.79 Å². The maximum absolute atomic E-state index is 13.7. The van der Waals surface area contributed by atoms with Crippen molar-refractivity contribution in [2.45, 2.75) is 36.7 Å². The van der Waals surface area contributed by atoms with Crippen molar-refractivity contribution in [3.8, 4) is 0 Å². The maximum atomic E-state index is 13.7. The van der Waals surface area contributed by atoms with E-state index in [1.54, 1.807) is 6.07 Å². The highest BCUT2D eigenvalue weighted by molar-refractivity contribution is 7.80. The van der Waals surface area contributed by atoms with Gasteiger partial charge in [0.15, 0.2) is 0 Å². The first-order chi connectivity index (χ1) is 9.98. The van der Waals surface area contributed by atoms with Gasteiger partial charge in [0.25, 0.3) is 0 Å². The van der Waals surface area contributed by atoms with Gasteiger partial charge in [-0.15, -0.1) is 12.6 Å². The van der Waals surface area contributed by atoms with Crippen LogP contribution in [0, 0.1) is 5.82 Å². The first-order valence-electron chi connectivity index (χ1n) is 6.87. The lowest BCUT2D eigenvalue weighted by Gasteiger charge is -2.35. The predicted octanol–water partition coefficient (Wildman–Crippen LogP) is 3.25. The molecular weight excluding hydrogens is 293 g/mol. The number of carbonyl (C=O) groups is 1. The highest BCUT2D eigenvalue weighted by Crippen LogP contribution is 2.42. The third-order valence-electron chi connectivity index (χ3n) is 4.20. The summed E-state index contributed by atoms with van der Waals surface area (Å²) in [6, 6.07) is 3.10. The van der Waals surface area contributed by atoms with E-state index in [-0.39, 0.29) is 11.3 Å². The fourth-order valence-corrected chi connectivity index (χ4v) is 3.39. The zero-order valence-corrected chi connectivity index (χ0v) is 12.5. The molecule has 3 rings (SSSR count). The van der Waals surface area contributed by atoms with Gasteiger partial charge < -0.3 is 14.8 Å². The molecule has 1 aliphatic heterocycles. The molecule has 0 saturated heterocycles. The van der Waals surface area contributed by atoms with Gasteiger partial charge in [-0.05, 0) is 30.5 Å². The van der Waals surface area contributed by atoms with Gasteiger partial charge in [0, 0.05) is 5.39 Å². The molecule has 1 aliphatic rings. The van der Waals surface area contributed by atoms with E-state index in [0.29, 0.717) is 25.0 Å². The molecule has 2 N–H and O–H groups in total. The summed E-state index contributed by atoms with van der Waals surface area (Å²) in [6.07, 6.45) is 1.09. The Bertz CT molecular complexity index is 727. The number of aromatic amines is 1. The normalized spacial score (nSPS) is 21.5. The average molecular weight is 309 g/mol. The number of carboxylic acid groups (broad SMARTS) is 1. The van der Waals surface area contributed by atoms with Crippen molar-refractivity contribution in [3.63, 3.8) is 0 Å². The van der Waals surface area contributed by atoms with E-state index in [1.807, 2.05) is 6.92 Å². The maximum Gasteiger partial charge on any atom is 0.306 e. The largest absolute Gasteiger partial charge is 0.481 e. The van der Waals surface area contributed by atoms with Gasteiger partial charge in [0.05, 0.1) is 29.1 Å². The van der Waals surface area contributed by atoms with E-state index in [9.17, 15) is 14.3 Å². The monoisotopic (exact) mass is 309 g/mol. The average Bonchev–Trinajstić information content (AvgIpc) is 2.83. The summed E-state index contributed by atoms with van der Waals surface area (Å²) in [6.45, 7) is 2.35. The van der Waals surface area contributed by atoms with E-state index < -0.39 is 17.4 Å². The molecular formula is C15H16FNO3S. The van der Waals surface area contributed by atoms with Gasteiger partial charge in [0.1, 0.15) is 11.4 Å². The lowest BCUT2D eigenvalue weighted by Crippen LogP contribution is -2.37. The Morgan fingerprint density at radius 2 is 2.33 bits per heavy atom. The van der Waals surface area contributed by atoms with Crippen molar-refractivity contribution in [2.24, 2.45) is 0 Å². The van der Waals surface area contributed by atoms with Crippen molar-refractivity contribution in [1.82, 2.24) is 4.98 Å². The minimum atomic E-state index is -0.916. The van der Waals surface area contributed by atoms with Crippen LogP contribution in [0.15, 0.2) is 17.0 Å². The van der Waals surface area contributed by atoms with Crippen molar-refractivity contribution in [3.05, 3.63) is 29.2 Å². The smallest absolute Gasteiger partial charge is 0.306 e. The summed E-state index contributed by atoms with van der Waals surface area (Å²) in [4.78, 5) is 14.6. The first-order valence-corrected chi connectivity index (χ1v) is 7.31. The molecule has 0 amide bonds. The molecule has 0 bridgehead atoms. The van der Waals surface area contributed by atoms with Gasteiger partial charge in [-0.1, -0.05) is 6.92 Å². The number of nitrogens with one attached hydrogen (secondary N) is 1. The molecule has 1 aromatic carbocycles. The summed E-state index contributed by atoms with van der Waals surface area (Å²) in [5.41, 5.74) is 1.48.